The summed E-state index contributed by atoms with van der Waals surface area (Å²) in [6.07, 6.45) is 4.43. The van der Waals surface area contributed by atoms with Gasteiger partial charge in [0, 0.05) is 31.7 Å². The third kappa shape index (κ3) is 3.16. The van der Waals surface area contributed by atoms with Gasteiger partial charge in [-0.15, -0.1) is 0 Å². The largest absolute Gasteiger partial charge is 0.376 e. The fraction of sp³-hybridized carbons (Fsp3) is 0.692. The van der Waals surface area contributed by atoms with E-state index in [-0.39, 0.29) is 0 Å². The van der Waals surface area contributed by atoms with Crippen LogP contribution in [0.2, 0.25) is 5.28 Å². The van der Waals surface area contributed by atoms with Crippen LogP contribution in [0.4, 0.5) is 5.82 Å². The van der Waals surface area contributed by atoms with Gasteiger partial charge in [-0.3, -0.25) is 0 Å². The summed E-state index contributed by atoms with van der Waals surface area (Å²) in [6, 6.07) is 0. The maximum Gasteiger partial charge on any atom is 0.224 e. The zero-order chi connectivity index (χ0) is 13.1. The Balaban J connectivity index is 1.77. The summed E-state index contributed by atoms with van der Waals surface area (Å²) in [7, 11) is 0. The summed E-state index contributed by atoms with van der Waals surface area (Å²) >= 11 is 6.02. The van der Waals surface area contributed by atoms with Crippen LogP contribution in [0.3, 0.4) is 0 Å². The minimum atomic E-state index is 0.299. The molecule has 2 N–H and O–H groups in total. The Morgan fingerprint density at radius 2 is 2.21 bits per heavy atom. The van der Waals surface area contributed by atoms with E-state index in [0.29, 0.717) is 11.4 Å². The van der Waals surface area contributed by atoms with Crippen molar-refractivity contribution in [3.8, 4) is 0 Å². The molecule has 2 aliphatic heterocycles. The minimum absolute atomic E-state index is 0.299. The molecule has 1 atom stereocenters. The molecule has 1 unspecified atom stereocenters. The molecule has 3 heterocycles. The summed E-state index contributed by atoms with van der Waals surface area (Å²) in [6.45, 7) is 3.59. The van der Waals surface area contributed by atoms with Gasteiger partial charge in [-0.25, -0.2) is 9.97 Å². The van der Waals surface area contributed by atoms with Crippen molar-refractivity contribution < 1.29 is 4.74 Å². The Morgan fingerprint density at radius 3 is 3.05 bits per heavy atom. The SMILES string of the molecule is Clc1nc2c(c(NCC3CCCO3)n1)CCNCC2. The van der Waals surface area contributed by atoms with Crippen molar-refractivity contribution in [2.75, 3.05) is 31.6 Å². The zero-order valence-electron chi connectivity index (χ0n) is 10.9. The molecule has 1 fully saturated rings. The maximum absolute atomic E-state index is 6.02. The first-order valence-corrected chi connectivity index (χ1v) is 7.32. The molecule has 0 radical (unpaired) electrons. The quantitative estimate of drug-likeness (QED) is 0.821. The molecule has 3 rings (SSSR count). The molecule has 0 aromatic carbocycles. The average Bonchev–Trinajstić information content (AvgIpc) is 2.80. The lowest BCUT2D eigenvalue weighted by Crippen LogP contribution is -2.20. The van der Waals surface area contributed by atoms with Gasteiger partial charge in [-0.05, 0) is 37.4 Å². The predicted octanol–water partition coefficient (Wildman–Crippen LogP) is 1.41. The topological polar surface area (TPSA) is 59.1 Å². The highest BCUT2D eigenvalue weighted by Crippen LogP contribution is 2.22. The van der Waals surface area contributed by atoms with Crippen LogP contribution in [-0.4, -0.2) is 42.3 Å². The smallest absolute Gasteiger partial charge is 0.224 e. The van der Waals surface area contributed by atoms with E-state index in [1.807, 2.05) is 0 Å². The van der Waals surface area contributed by atoms with Crippen LogP contribution >= 0.6 is 11.6 Å². The summed E-state index contributed by atoms with van der Waals surface area (Å²) in [5.74, 6) is 0.884. The highest BCUT2D eigenvalue weighted by molar-refractivity contribution is 6.28. The first kappa shape index (κ1) is 13.1. The normalized spacial score (nSPS) is 22.9. The molecule has 0 aliphatic carbocycles. The Morgan fingerprint density at radius 1 is 1.32 bits per heavy atom. The molecular weight excluding hydrogens is 264 g/mol. The van der Waals surface area contributed by atoms with Crippen molar-refractivity contribution in [2.45, 2.75) is 31.8 Å². The number of aromatic nitrogens is 2. The van der Waals surface area contributed by atoms with Crippen molar-refractivity contribution in [3.05, 3.63) is 16.5 Å². The molecule has 1 aromatic heterocycles. The summed E-state index contributed by atoms with van der Waals surface area (Å²) in [5.41, 5.74) is 2.27. The maximum atomic E-state index is 6.02. The van der Waals surface area contributed by atoms with Crippen molar-refractivity contribution in [1.82, 2.24) is 15.3 Å². The Kier molecular flexibility index (Phi) is 4.15. The lowest BCUT2D eigenvalue weighted by Gasteiger charge is -2.15. The van der Waals surface area contributed by atoms with Crippen LogP contribution in [0.5, 0.6) is 0 Å². The van der Waals surface area contributed by atoms with E-state index in [1.54, 1.807) is 0 Å². The third-order valence-corrected chi connectivity index (χ3v) is 3.85. The van der Waals surface area contributed by atoms with Gasteiger partial charge in [-0.1, -0.05) is 0 Å². The van der Waals surface area contributed by atoms with E-state index >= 15 is 0 Å². The van der Waals surface area contributed by atoms with Gasteiger partial charge >= 0.3 is 0 Å². The molecule has 19 heavy (non-hydrogen) atoms. The van der Waals surface area contributed by atoms with Gasteiger partial charge in [-0.2, -0.15) is 0 Å². The number of halogens is 1. The average molecular weight is 283 g/mol. The number of hydrogen-bond acceptors (Lipinski definition) is 5. The molecule has 6 heteroatoms. The molecule has 0 bridgehead atoms. The fourth-order valence-corrected chi connectivity index (χ4v) is 2.86. The van der Waals surface area contributed by atoms with E-state index in [9.17, 15) is 0 Å². The summed E-state index contributed by atoms with van der Waals surface area (Å²) in [4.78, 5) is 8.71. The molecule has 0 spiro atoms. The number of hydrogen-bond donors (Lipinski definition) is 2. The van der Waals surface area contributed by atoms with Gasteiger partial charge in [0.25, 0.3) is 0 Å². The van der Waals surface area contributed by atoms with Crippen LogP contribution in [0.25, 0.3) is 0 Å². The minimum Gasteiger partial charge on any atom is -0.376 e. The number of ether oxygens (including phenoxy) is 1. The number of nitrogens with one attached hydrogen (secondary N) is 2. The van der Waals surface area contributed by atoms with Gasteiger partial charge in [0.2, 0.25) is 5.28 Å². The van der Waals surface area contributed by atoms with Crippen LogP contribution in [-0.2, 0) is 17.6 Å². The van der Waals surface area contributed by atoms with Crippen LogP contribution in [0, 0.1) is 0 Å². The van der Waals surface area contributed by atoms with Crippen LogP contribution < -0.4 is 10.6 Å². The highest BCUT2D eigenvalue weighted by atomic mass is 35.5. The van der Waals surface area contributed by atoms with Crippen LogP contribution in [0.1, 0.15) is 24.1 Å². The number of anilines is 1. The summed E-state index contributed by atoms with van der Waals surface area (Å²) < 4.78 is 5.62. The van der Waals surface area contributed by atoms with Gasteiger partial charge in [0.1, 0.15) is 5.82 Å². The molecular formula is C13H19ClN4O. The van der Waals surface area contributed by atoms with Crippen molar-refractivity contribution in [3.63, 3.8) is 0 Å². The fourth-order valence-electron chi connectivity index (χ4n) is 2.68. The van der Waals surface area contributed by atoms with E-state index in [2.05, 4.69) is 20.6 Å². The molecule has 0 amide bonds. The van der Waals surface area contributed by atoms with Crippen LogP contribution in [0.15, 0.2) is 0 Å². The van der Waals surface area contributed by atoms with E-state index in [4.69, 9.17) is 16.3 Å². The molecule has 1 aromatic rings. The van der Waals surface area contributed by atoms with Crippen molar-refractivity contribution >= 4 is 17.4 Å². The Labute approximate surface area is 118 Å². The standard InChI is InChI=1S/C13H19ClN4O/c14-13-17-11-4-6-15-5-3-10(11)12(18-13)16-8-9-2-1-7-19-9/h9,15H,1-8H2,(H,16,17,18). The Bertz CT molecular complexity index is 449. The molecule has 5 nitrogen and oxygen atoms in total. The second kappa shape index (κ2) is 6.03. The lowest BCUT2D eigenvalue weighted by atomic mass is 10.1. The first-order valence-electron chi connectivity index (χ1n) is 6.94. The second-order valence-electron chi connectivity index (χ2n) is 5.03. The number of nitrogens with zero attached hydrogens (tertiary/aromatic N) is 2. The summed E-state index contributed by atoms with van der Waals surface area (Å²) in [5, 5.41) is 7.10. The van der Waals surface area contributed by atoms with Gasteiger partial charge < -0.3 is 15.4 Å². The lowest BCUT2D eigenvalue weighted by molar-refractivity contribution is 0.120. The van der Waals surface area contributed by atoms with Gasteiger partial charge in [0.05, 0.1) is 11.8 Å². The molecule has 0 saturated carbocycles. The second-order valence-corrected chi connectivity index (χ2v) is 5.37. The zero-order valence-corrected chi connectivity index (χ0v) is 11.7. The van der Waals surface area contributed by atoms with E-state index in [0.717, 1.165) is 63.4 Å². The number of fused-ring (bicyclic) bond motifs is 1. The van der Waals surface area contributed by atoms with E-state index in [1.165, 1.54) is 5.56 Å². The predicted molar refractivity (Wildman–Crippen MR) is 74.8 cm³/mol. The van der Waals surface area contributed by atoms with E-state index < -0.39 is 0 Å². The third-order valence-electron chi connectivity index (χ3n) is 3.68. The molecule has 2 aliphatic rings. The molecule has 104 valence electrons. The monoisotopic (exact) mass is 282 g/mol. The van der Waals surface area contributed by atoms with Crippen molar-refractivity contribution in [1.29, 1.82) is 0 Å². The Hall–Kier alpha value is -0.910. The first-order chi connectivity index (χ1) is 9.33. The highest BCUT2D eigenvalue weighted by Gasteiger charge is 2.19. The van der Waals surface area contributed by atoms with Crippen molar-refractivity contribution in [2.24, 2.45) is 0 Å². The van der Waals surface area contributed by atoms with Gasteiger partial charge in [0.15, 0.2) is 0 Å². The number of rotatable bonds is 3. The molecule has 1 saturated heterocycles.